The maximum atomic E-state index is 12.5. The number of amides is 1. The molecule has 3 aromatic heterocycles. The van der Waals surface area contributed by atoms with Gasteiger partial charge in [0.25, 0.3) is 0 Å². The van der Waals surface area contributed by atoms with Crippen LogP contribution in [-0.4, -0.2) is 66.2 Å². The Balaban J connectivity index is 1.76. The standard InChI is InChI=1S/C32H37N5O5/c1-32(2,3)31(39)42-20-37-19-27(21-10-11-33-29(16-21)41-7)26-15-23(18-34-30(26)37)22-13-24(17-25(14-22)40-6)35-28(38)9-8-12-36(4)5/h8-11,13-19H,12,20H2,1-7H3,(H,35,38). The second-order valence-corrected chi connectivity index (χ2v) is 11.1. The SMILES string of the molecule is COc1cc(NC(=O)C=CCN(C)C)cc(-c2cnc3c(c2)c(-c2ccnc(OC)c2)cn3COC(=O)C(C)(C)C)c1. The molecule has 0 bridgehead atoms. The zero-order valence-corrected chi connectivity index (χ0v) is 25.1. The van der Waals surface area contributed by atoms with Crippen molar-refractivity contribution in [3.8, 4) is 33.9 Å². The number of carbonyl (C=O) groups excluding carboxylic acids is 2. The molecule has 4 aromatic rings. The second kappa shape index (κ2) is 12.9. The molecule has 0 spiro atoms. The number of aromatic nitrogens is 3. The topological polar surface area (TPSA) is 108 Å². The summed E-state index contributed by atoms with van der Waals surface area (Å²) in [6.07, 6.45) is 8.64. The van der Waals surface area contributed by atoms with E-state index in [2.05, 4.69) is 10.3 Å². The Kier molecular flexibility index (Phi) is 9.27. The molecular formula is C32H37N5O5. The normalized spacial score (nSPS) is 11.7. The highest BCUT2D eigenvalue weighted by Crippen LogP contribution is 2.35. The first-order valence-corrected chi connectivity index (χ1v) is 13.5. The molecule has 1 aromatic carbocycles. The van der Waals surface area contributed by atoms with Gasteiger partial charge in [-0.15, -0.1) is 0 Å². The van der Waals surface area contributed by atoms with Gasteiger partial charge >= 0.3 is 5.97 Å². The lowest BCUT2D eigenvalue weighted by Crippen LogP contribution is -2.23. The van der Waals surface area contributed by atoms with E-state index in [0.29, 0.717) is 29.5 Å². The molecule has 42 heavy (non-hydrogen) atoms. The minimum atomic E-state index is -0.632. The van der Waals surface area contributed by atoms with Crippen LogP contribution in [0.1, 0.15) is 20.8 Å². The molecule has 10 heteroatoms. The summed E-state index contributed by atoms with van der Waals surface area (Å²) in [5.74, 6) is 0.520. The molecule has 10 nitrogen and oxygen atoms in total. The lowest BCUT2D eigenvalue weighted by Gasteiger charge is -2.17. The van der Waals surface area contributed by atoms with Gasteiger partial charge in [0, 0.05) is 65.5 Å². The van der Waals surface area contributed by atoms with Crippen LogP contribution in [0, 0.1) is 5.41 Å². The number of benzene rings is 1. The fourth-order valence-electron chi connectivity index (χ4n) is 4.20. The highest BCUT2D eigenvalue weighted by Gasteiger charge is 2.24. The van der Waals surface area contributed by atoms with Gasteiger partial charge in [-0.05, 0) is 70.3 Å². The summed E-state index contributed by atoms with van der Waals surface area (Å²) >= 11 is 0. The molecule has 220 valence electrons. The minimum Gasteiger partial charge on any atom is -0.497 e. The van der Waals surface area contributed by atoms with Gasteiger partial charge in [0.1, 0.15) is 11.4 Å². The quantitative estimate of drug-likeness (QED) is 0.200. The van der Waals surface area contributed by atoms with Crippen LogP contribution in [-0.2, 0) is 21.1 Å². The van der Waals surface area contributed by atoms with Crippen LogP contribution < -0.4 is 14.8 Å². The van der Waals surface area contributed by atoms with Crippen LogP contribution in [0.5, 0.6) is 11.6 Å². The molecule has 0 aliphatic carbocycles. The number of likely N-dealkylation sites (N-methyl/N-ethyl adjacent to an activating group) is 1. The smallest absolute Gasteiger partial charge is 0.312 e. The van der Waals surface area contributed by atoms with Crippen molar-refractivity contribution in [1.82, 2.24) is 19.4 Å². The number of rotatable bonds is 10. The summed E-state index contributed by atoms with van der Waals surface area (Å²) in [5, 5.41) is 3.75. The van der Waals surface area contributed by atoms with Gasteiger partial charge in [-0.2, -0.15) is 0 Å². The molecule has 0 unspecified atom stereocenters. The van der Waals surface area contributed by atoms with E-state index in [9.17, 15) is 9.59 Å². The zero-order chi connectivity index (χ0) is 30.4. The zero-order valence-electron chi connectivity index (χ0n) is 25.1. The van der Waals surface area contributed by atoms with Crippen molar-refractivity contribution >= 4 is 28.6 Å². The van der Waals surface area contributed by atoms with Crippen molar-refractivity contribution in [2.24, 2.45) is 5.41 Å². The fourth-order valence-corrected chi connectivity index (χ4v) is 4.20. The van der Waals surface area contributed by atoms with Crippen molar-refractivity contribution in [2.75, 3.05) is 40.2 Å². The number of anilines is 1. The van der Waals surface area contributed by atoms with Crippen LogP contribution >= 0.6 is 0 Å². The van der Waals surface area contributed by atoms with Gasteiger partial charge in [-0.25, -0.2) is 9.97 Å². The first-order chi connectivity index (χ1) is 20.0. The van der Waals surface area contributed by atoms with E-state index in [1.807, 2.05) is 80.9 Å². The molecule has 0 radical (unpaired) electrons. The highest BCUT2D eigenvalue weighted by atomic mass is 16.5. The molecular weight excluding hydrogens is 534 g/mol. The van der Waals surface area contributed by atoms with Gasteiger partial charge in [-0.3, -0.25) is 14.2 Å². The third-order valence-corrected chi connectivity index (χ3v) is 6.40. The van der Waals surface area contributed by atoms with Gasteiger partial charge in [0.2, 0.25) is 11.8 Å². The number of carbonyl (C=O) groups is 2. The lowest BCUT2D eigenvalue weighted by molar-refractivity contribution is -0.156. The number of hydrogen-bond donors (Lipinski definition) is 1. The molecule has 0 fully saturated rings. The number of methoxy groups -OCH3 is 2. The number of hydrogen-bond acceptors (Lipinski definition) is 8. The van der Waals surface area contributed by atoms with E-state index in [-0.39, 0.29) is 18.6 Å². The van der Waals surface area contributed by atoms with Crippen molar-refractivity contribution in [1.29, 1.82) is 0 Å². The first kappa shape index (κ1) is 30.3. The predicted octanol–water partition coefficient (Wildman–Crippen LogP) is 5.39. The number of fused-ring (bicyclic) bond motifs is 1. The van der Waals surface area contributed by atoms with Gasteiger partial charge in [0.05, 0.1) is 19.6 Å². The summed E-state index contributed by atoms with van der Waals surface area (Å²) in [5.41, 5.74) is 3.97. The van der Waals surface area contributed by atoms with Crippen LogP contribution in [0.2, 0.25) is 0 Å². The Bertz CT molecular complexity index is 1620. The van der Waals surface area contributed by atoms with Crippen LogP contribution in [0.4, 0.5) is 5.69 Å². The van der Waals surface area contributed by atoms with Crippen LogP contribution in [0.15, 0.2) is 67.1 Å². The molecule has 4 rings (SSSR count). The molecule has 0 aliphatic heterocycles. The van der Waals surface area contributed by atoms with E-state index in [1.54, 1.807) is 38.8 Å². The van der Waals surface area contributed by atoms with Gasteiger partial charge in [-0.1, -0.05) is 6.08 Å². The molecule has 0 saturated carbocycles. The molecule has 1 amide bonds. The minimum absolute atomic E-state index is 0.0118. The van der Waals surface area contributed by atoms with E-state index >= 15 is 0 Å². The fraction of sp³-hybridized carbons (Fsp3) is 0.312. The van der Waals surface area contributed by atoms with Crippen molar-refractivity contribution in [3.63, 3.8) is 0 Å². The first-order valence-electron chi connectivity index (χ1n) is 13.5. The summed E-state index contributed by atoms with van der Waals surface area (Å²) in [6, 6.07) is 11.3. The van der Waals surface area contributed by atoms with Crippen LogP contribution in [0.25, 0.3) is 33.3 Å². The maximum Gasteiger partial charge on any atom is 0.312 e. The summed E-state index contributed by atoms with van der Waals surface area (Å²) in [6.45, 7) is 6.11. The Morgan fingerprint density at radius 3 is 2.48 bits per heavy atom. The van der Waals surface area contributed by atoms with Crippen molar-refractivity contribution < 1.29 is 23.8 Å². The number of ether oxygens (including phenoxy) is 3. The van der Waals surface area contributed by atoms with E-state index < -0.39 is 5.41 Å². The number of nitrogens with zero attached hydrogens (tertiary/aromatic N) is 4. The highest BCUT2D eigenvalue weighted by molar-refractivity contribution is 6.00. The average Bonchev–Trinajstić information content (AvgIpc) is 3.32. The number of esters is 1. The molecule has 0 saturated heterocycles. The summed E-state index contributed by atoms with van der Waals surface area (Å²) in [7, 11) is 7.02. The Morgan fingerprint density at radius 1 is 1.00 bits per heavy atom. The third kappa shape index (κ3) is 7.32. The Hall–Kier alpha value is -4.70. The van der Waals surface area contributed by atoms with Crippen molar-refractivity contribution in [3.05, 3.63) is 67.1 Å². The predicted molar refractivity (Wildman–Crippen MR) is 163 cm³/mol. The van der Waals surface area contributed by atoms with E-state index in [1.165, 1.54) is 6.08 Å². The van der Waals surface area contributed by atoms with Crippen LogP contribution in [0.3, 0.4) is 0 Å². The largest absolute Gasteiger partial charge is 0.497 e. The summed E-state index contributed by atoms with van der Waals surface area (Å²) in [4.78, 5) is 36.0. The maximum absolute atomic E-state index is 12.5. The number of nitrogens with one attached hydrogen (secondary N) is 1. The second-order valence-electron chi connectivity index (χ2n) is 11.1. The van der Waals surface area contributed by atoms with Gasteiger partial charge < -0.3 is 24.4 Å². The lowest BCUT2D eigenvalue weighted by atomic mass is 9.98. The van der Waals surface area contributed by atoms with Crippen molar-refractivity contribution in [2.45, 2.75) is 27.5 Å². The molecule has 1 N–H and O–H groups in total. The third-order valence-electron chi connectivity index (χ3n) is 6.40. The van der Waals surface area contributed by atoms with Gasteiger partial charge in [0.15, 0.2) is 6.73 Å². The monoisotopic (exact) mass is 571 g/mol. The molecule has 0 aliphatic rings. The van der Waals surface area contributed by atoms with E-state index in [4.69, 9.17) is 19.2 Å². The summed E-state index contributed by atoms with van der Waals surface area (Å²) < 4.78 is 18.3. The molecule has 3 heterocycles. The Morgan fingerprint density at radius 2 is 1.79 bits per heavy atom. The Labute approximate surface area is 245 Å². The molecule has 0 atom stereocenters. The average molecular weight is 572 g/mol. The number of pyridine rings is 2. The van der Waals surface area contributed by atoms with E-state index in [0.717, 1.165) is 27.6 Å².